The summed E-state index contributed by atoms with van der Waals surface area (Å²) in [6.45, 7) is 3.86. The predicted molar refractivity (Wildman–Crippen MR) is 76.0 cm³/mol. The molecule has 0 unspecified atom stereocenters. The van der Waals surface area contributed by atoms with E-state index in [9.17, 15) is 4.39 Å². The van der Waals surface area contributed by atoms with E-state index in [1.165, 1.54) is 12.6 Å². The number of hydrogen-bond acceptors (Lipinski definition) is 4. The lowest BCUT2D eigenvalue weighted by Crippen LogP contribution is -2.31. The minimum Gasteiger partial charge on any atom is -0.341 e. The summed E-state index contributed by atoms with van der Waals surface area (Å²) in [5.74, 6) is 0.353. The monoisotopic (exact) mass is 272 g/mol. The van der Waals surface area contributed by atoms with Gasteiger partial charge in [0.2, 0.25) is 5.95 Å². The van der Waals surface area contributed by atoms with Gasteiger partial charge in [0.15, 0.2) is 5.82 Å². The first-order valence-corrected chi connectivity index (χ1v) is 6.94. The largest absolute Gasteiger partial charge is 0.341 e. The molecule has 0 N–H and O–H groups in total. The van der Waals surface area contributed by atoms with Crippen molar-refractivity contribution in [1.82, 2.24) is 15.0 Å². The third-order valence-electron chi connectivity index (χ3n) is 3.53. The van der Waals surface area contributed by atoms with E-state index in [-0.39, 0.29) is 5.82 Å². The second-order valence-electron chi connectivity index (χ2n) is 5.10. The number of hydrogen-bond donors (Lipinski definition) is 0. The highest BCUT2D eigenvalue weighted by Crippen LogP contribution is 2.24. The Morgan fingerprint density at radius 2 is 1.95 bits per heavy atom. The quantitative estimate of drug-likeness (QED) is 0.843. The molecule has 0 amide bonds. The fourth-order valence-electron chi connectivity index (χ4n) is 2.51. The molecule has 1 aliphatic heterocycles. The molecule has 2 aromatic heterocycles. The van der Waals surface area contributed by atoms with Gasteiger partial charge in [0, 0.05) is 30.5 Å². The summed E-state index contributed by atoms with van der Waals surface area (Å²) in [5.41, 5.74) is 1.95. The van der Waals surface area contributed by atoms with Crippen molar-refractivity contribution in [2.24, 2.45) is 0 Å². The molecule has 0 radical (unpaired) electrons. The van der Waals surface area contributed by atoms with Crippen LogP contribution in [0, 0.1) is 12.7 Å². The summed E-state index contributed by atoms with van der Waals surface area (Å²) in [6.07, 6.45) is 6.38. The van der Waals surface area contributed by atoms with Gasteiger partial charge in [-0.1, -0.05) is 0 Å². The highest BCUT2D eigenvalue weighted by atomic mass is 19.1. The molecular formula is C15H17FN4. The summed E-state index contributed by atoms with van der Waals surface area (Å²) in [5, 5.41) is 0. The van der Waals surface area contributed by atoms with Crippen LogP contribution < -0.4 is 4.90 Å². The summed E-state index contributed by atoms with van der Waals surface area (Å²) in [4.78, 5) is 15.0. The van der Waals surface area contributed by atoms with Crippen LogP contribution in [0.4, 0.5) is 10.3 Å². The molecule has 3 heterocycles. The third-order valence-corrected chi connectivity index (χ3v) is 3.53. The fourth-order valence-corrected chi connectivity index (χ4v) is 2.51. The Balaban J connectivity index is 2.00. The highest BCUT2D eigenvalue weighted by Gasteiger charge is 2.16. The Bertz CT molecular complexity index is 609. The first kappa shape index (κ1) is 13.0. The average Bonchev–Trinajstić information content (AvgIpc) is 2.48. The molecular weight excluding hydrogens is 255 g/mol. The minimum absolute atomic E-state index is 0.352. The molecule has 5 heteroatoms. The molecule has 2 aromatic rings. The van der Waals surface area contributed by atoms with Crippen molar-refractivity contribution in [3.63, 3.8) is 0 Å². The van der Waals surface area contributed by atoms with Crippen LogP contribution in [0.5, 0.6) is 0 Å². The number of pyridine rings is 1. The molecule has 1 saturated heterocycles. The molecule has 104 valence electrons. The Morgan fingerprint density at radius 3 is 2.70 bits per heavy atom. The molecule has 0 spiro atoms. The van der Waals surface area contributed by atoms with E-state index in [0.717, 1.165) is 31.6 Å². The van der Waals surface area contributed by atoms with E-state index >= 15 is 0 Å². The summed E-state index contributed by atoms with van der Waals surface area (Å²) >= 11 is 0. The van der Waals surface area contributed by atoms with Gasteiger partial charge < -0.3 is 4.90 Å². The smallest absolute Gasteiger partial charge is 0.226 e. The topological polar surface area (TPSA) is 41.9 Å². The van der Waals surface area contributed by atoms with Crippen molar-refractivity contribution in [3.8, 4) is 11.3 Å². The number of aromatic nitrogens is 3. The zero-order chi connectivity index (χ0) is 13.9. The standard InChI is InChI=1S/C15H17FN4/c1-11-9-14(12-5-6-17-10-13(12)16)19-15(18-11)20-7-3-2-4-8-20/h5-6,9-10H,2-4,7-8H2,1H3. The van der Waals surface area contributed by atoms with Crippen LogP contribution >= 0.6 is 0 Å². The van der Waals surface area contributed by atoms with E-state index in [4.69, 9.17) is 0 Å². The van der Waals surface area contributed by atoms with Crippen molar-refractivity contribution in [2.45, 2.75) is 26.2 Å². The maximum absolute atomic E-state index is 13.8. The van der Waals surface area contributed by atoms with E-state index < -0.39 is 0 Å². The van der Waals surface area contributed by atoms with Crippen LogP contribution in [-0.4, -0.2) is 28.0 Å². The summed E-state index contributed by atoms with van der Waals surface area (Å²) in [7, 11) is 0. The van der Waals surface area contributed by atoms with Crippen molar-refractivity contribution < 1.29 is 4.39 Å². The van der Waals surface area contributed by atoms with Gasteiger partial charge in [0.05, 0.1) is 11.9 Å². The van der Waals surface area contributed by atoms with Crippen LogP contribution in [0.1, 0.15) is 25.0 Å². The van der Waals surface area contributed by atoms with Gasteiger partial charge in [-0.15, -0.1) is 0 Å². The zero-order valence-corrected chi connectivity index (χ0v) is 11.5. The summed E-state index contributed by atoms with van der Waals surface area (Å²) < 4.78 is 13.8. The lowest BCUT2D eigenvalue weighted by molar-refractivity contribution is 0.567. The fraction of sp³-hybridized carbons (Fsp3) is 0.400. The van der Waals surface area contributed by atoms with Crippen molar-refractivity contribution in [2.75, 3.05) is 18.0 Å². The zero-order valence-electron chi connectivity index (χ0n) is 11.5. The van der Waals surface area contributed by atoms with Crippen molar-refractivity contribution in [1.29, 1.82) is 0 Å². The molecule has 0 aromatic carbocycles. The molecule has 0 saturated carbocycles. The first-order chi connectivity index (χ1) is 9.74. The minimum atomic E-state index is -0.352. The van der Waals surface area contributed by atoms with E-state index in [1.807, 2.05) is 13.0 Å². The number of halogens is 1. The normalized spacial score (nSPS) is 15.4. The summed E-state index contributed by atoms with van der Waals surface area (Å²) in [6, 6.07) is 3.46. The molecule has 0 bridgehead atoms. The van der Waals surface area contributed by atoms with Crippen LogP contribution in [0.2, 0.25) is 0 Å². The van der Waals surface area contributed by atoms with Gasteiger partial charge >= 0.3 is 0 Å². The Kier molecular flexibility index (Phi) is 3.58. The second-order valence-corrected chi connectivity index (χ2v) is 5.10. The van der Waals surface area contributed by atoms with Gasteiger partial charge in [0.25, 0.3) is 0 Å². The van der Waals surface area contributed by atoms with Gasteiger partial charge in [0.1, 0.15) is 0 Å². The molecule has 0 aliphatic carbocycles. The van der Waals surface area contributed by atoms with Crippen LogP contribution in [0.25, 0.3) is 11.3 Å². The maximum Gasteiger partial charge on any atom is 0.226 e. The predicted octanol–water partition coefficient (Wildman–Crippen LogP) is 2.98. The van der Waals surface area contributed by atoms with Gasteiger partial charge in [-0.25, -0.2) is 14.4 Å². The Morgan fingerprint density at radius 1 is 1.15 bits per heavy atom. The lowest BCUT2D eigenvalue weighted by atomic mass is 10.1. The van der Waals surface area contributed by atoms with Crippen LogP contribution in [0.15, 0.2) is 24.5 Å². The second kappa shape index (κ2) is 5.53. The van der Waals surface area contributed by atoms with Gasteiger partial charge in [-0.05, 0) is 38.3 Å². The maximum atomic E-state index is 13.8. The number of piperidine rings is 1. The number of anilines is 1. The average molecular weight is 272 g/mol. The number of aryl methyl sites for hydroxylation is 1. The molecule has 1 aliphatic rings. The van der Waals surface area contributed by atoms with Crippen molar-refractivity contribution >= 4 is 5.95 Å². The lowest BCUT2D eigenvalue weighted by Gasteiger charge is -2.27. The van der Waals surface area contributed by atoms with Gasteiger partial charge in [-0.2, -0.15) is 0 Å². The van der Waals surface area contributed by atoms with Crippen LogP contribution in [-0.2, 0) is 0 Å². The SMILES string of the molecule is Cc1cc(-c2ccncc2F)nc(N2CCCCC2)n1. The third kappa shape index (κ3) is 2.61. The van der Waals surface area contributed by atoms with E-state index in [1.54, 1.807) is 12.3 Å². The van der Waals surface area contributed by atoms with E-state index in [0.29, 0.717) is 17.2 Å². The van der Waals surface area contributed by atoms with Crippen LogP contribution in [0.3, 0.4) is 0 Å². The molecule has 1 fully saturated rings. The Labute approximate surface area is 117 Å². The number of rotatable bonds is 2. The highest BCUT2D eigenvalue weighted by molar-refractivity contribution is 5.61. The molecule has 20 heavy (non-hydrogen) atoms. The number of nitrogens with zero attached hydrogens (tertiary/aromatic N) is 4. The van der Waals surface area contributed by atoms with Gasteiger partial charge in [-0.3, -0.25) is 4.98 Å². The molecule has 3 rings (SSSR count). The molecule has 4 nitrogen and oxygen atoms in total. The first-order valence-electron chi connectivity index (χ1n) is 6.94. The van der Waals surface area contributed by atoms with E-state index in [2.05, 4.69) is 19.9 Å². The Hall–Kier alpha value is -2.04. The van der Waals surface area contributed by atoms with Crippen molar-refractivity contribution in [3.05, 3.63) is 36.0 Å². The molecule has 0 atom stereocenters.